The fourth-order valence-electron chi connectivity index (χ4n) is 5.16. The van der Waals surface area contributed by atoms with Gasteiger partial charge in [-0.25, -0.2) is 17.4 Å². The van der Waals surface area contributed by atoms with Crippen molar-refractivity contribution in [1.82, 2.24) is 4.98 Å². The van der Waals surface area contributed by atoms with Crippen LogP contribution in [-0.4, -0.2) is 31.2 Å². The van der Waals surface area contributed by atoms with Crippen molar-refractivity contribution >= 4 is 16.2 Å². The van der Waals surface area contributed by atoms with Gasteiger partial charge in [-0.3, -0.25) is 4.98 Å². The molecule has 2 aliphatic rings. The summed E-state index contributed by atoms with van der Waals surface area (Å²) in [6.07, 6.45) is 5.15. The Bertz CT molecular complexity index is 1210. The molecule has 1 heterocycles. The van der Waals surface area contributed by atoms with E-state index >= 15 is 0 Å². The van der Waals surface area contributed by atoms with Gasteiger partial charge in [0.15, 0.2) is 5.60 Å². The van der Waals surface area contributed by atoms with Crippen LogP contribution >= 0.6 is 0 Å². The summed E-state index contributed by atoms with van der Waals surface area (Å²) in [6.45, 7) is 0. The van der Waals surface area contributed by atoms with E-state index in [0.717, 1.165) is 6.26 Å². The smallest absolute Gasteiger partial charge is 0.256 e. The van der Waals surface area contributed by atoms with Crippen LogP contribution in [-0.2, 0) is 14.3 Å². The number of pyridine rings is 1. The minimum Gasteiger partial charge on any atom is -0.256 e. The minimum atomic E-state index is -4.00. The van der Waals surface area contributed by atoms with Crippen LogP contribution in [0.3, 0.4) is 0 Å². The zero-order valence-corrected chi connectivity index (χ0v) is 18.7. The molecule has 2 fully saturated rings. The van der Waals surface area contributed by atoms with Gasteiger partial charge in [-0.05, 0) is 54.5 Å². The molecule has 4 rings (SSSR count). The molecule has 2 aromatic rings. The normalized spacial score (nSPS) is 29.0. The maximum Gasteiger partial charge on any atom is 0.265 e. The summed E-state index contributed by atoms with van der Waals surface area (Å²) < 4.78 is 70.6. The first-order valence-corrected chi connectivity index (χ1v) is 12.4. The van der Waals surface area contributed by atoms with Crippen molar-refractivity contribution in [1.29, 1.82) is 5.26 Å². The van der Waals surface area contributed by atoms with Crippen molar-refractivity contribution in [3.8, 4) is 17.2 Å². The molecule has 4 unspecified atom stereocenters. The van der Waals surface area contributed by atoms with Crippen molar-refractivity contribution in [2.45, 2.75) is 37.2 Å². The SMILES string of the molecule is CS(=O)(=O)OC1(C#N)CC2CC(F)(F)CCC2C1C=Cc1ccc(-c2cccc(F)c2)cn1. The number of hydrogen-bond acceptors (Lipinski definition) is 5. The molecule has 4 atom stereocenters. The molecule has 2 aliphatic carbocycles. The Hall–Kier alpha value is -2.70. The van der Waals surface area contributed by atoms with Crippen LogP contribution in [0.5, 0.6) is 0 Å². The molecule has 0 saturated heterocycles. The second-order valence-corrected chi connectivity index (χ2v) is 10.5. The summed E-state index contributed by atoms with van der Waals surface area (Å²) in [5, 5.41) is 9.90. The number of nitrogens with zero attached hydrogens (tertiary/aromatic N) is 2. The van der Waals surface area contributed by atoms with E-state index in [1.807, 2.05) is 6.07 Å². The molecule has 0 N–H and O–H groups in total. The lowest BCUT2D eigenvalue weighted by Gasteiger charge is -2.33. The fourth-order valence-corrected chi connectivity index (χ4v) is 5.92. The first-order chi connectivity index (χ1) is 15.5. The van der Waals surface area contributed by atoms with E-state index in [1.165, 1.54) is 12.1 Å². The number of aromatic nitrogens is 1. The Morgan fingerprint density at radius 3 is 2.64 bits per heavy atom. The van der Waals surface area contributed by atoms with E-state index in [1.54, 1.807) is 42.6 Å². The second-order valence-electron chi connectivity index (χ2n) is 8.88. The molecule has 1 aromatic carbocycles. The van der Waals surface area contributed by atoms with Crippen molar-refractivity contribution in [2.75, 3.05) is 6.26 Å². The molecule has 0 bridgehead atoms. The zero-order valence-electron chi connectivity index (χ0n) is 17.9. The molecular formula is C24H23F3N2O3S. The van der Waals surface area contributed by atoms with Crippen LogP contribution in [0.25, 0.3) is 17.2 Å². The summed E-state index contributed by atoms with van der Waals surface area (Å²) in [7, 11) is -4.00. The molecule has 0 spiro atoms. The Balaban J connectivity index is 1.62. The lowest BCUT2D eigenvalue weighted by Crippen LogP contribution is -2.38. The molecule has 0 radical (unpaired) electrons. The first-order valence-electron chi connectivity index (χ1n) is 10.6. The van der Waals surface area contributed by atoms with Crippen molar-refractivity contribution in [3.05, 3.63) is 60.2 Å². The highest BCUT2D eigenvalue weighted by Crippen LogP contribution is 2.56. The quantitative estimate of drug-likeness (QED) is 0.554. The third-order valence-electron chi connectivity index (χ3n) is 6.48. The van der Waals surface area contributed by atoms with E-state index < -0.39 is 33.5 Å². The molecule has 5 nitrogen and oxygen atoms in total. The van der Waals surface area contributed by atoms with E-state index in [4.69, 9.17) is 4.18 Å². The van der Waals surface area contributed by atoms with Gasteiger partial charge in [0.1, 0.15) is 5.82 Å². The van der Waals surface area contributed by atoms with Crippen LogP contribution in [0.2, 0.25) is 0 Å². The standard InChI is InChI=1S/C24H23F3N2O3S/c1-33(30,31)32-23(15-28)12-18-13-24(26,27)10-9-21(18)22(23)8-7-20-6-5-17(14-29-20)16-3-2-4-19(25)11-16/h2-8,11,14,18,21-22H,9-10,12-13H2,1H3. The molecule has 0 amide bonds. The van der Waals surface area contributed by atoms with Gasteiger partial charge in [0.05, 0.1) is 18.0 Å². The molecule has 33 heavy (non-hydrogen) atoms. The van der Waals surface area contributed by atoms with Crippen LogP contribution in [0, 0.1) is 34.9 Å². The average molecular weight is 477 g/mol. The Morgan fingerprint density at radius 2 is 2.00 bits per heavy atom. The Kier molecular flexibility index (Phi) is 6.10. The number of halogens is 3. The minimum absolute atomic E-state index is 0.0717. The third-order valence-corrected chi connectivity index (χ3v) is 7.08. The molecule has 0 aliphatic heterocycles. The van der Waals surface area contributed by atoms with Crippen LogP contribution in [0.4, 0.5) is 13.2 Å². The Morgan fingerprint density at radius 1 is 1.21 bits per heavy atom. The third kappa shape index (κ3) is 5.12. The van der Waals surface area contributed by atoms with Gasteiger partial charge in [-0.2, -0.15) is 13.7 Å². The highest BCUT2D eigenvalue weighted by molar-refractivity contribution is 7.86. The van der Waals surface area contributed by atoms with Crippen molar-refractivity contribution < 1.29 is 25.8 Å². The Labute approximate surface area is 191 Å². The van der Waals surface area contributed by atoms with E-state index in [9.17, 15) is 26.9 Å². The van der Waals surface area contributed by atoms with Crippen LogP contribution in [0.1, 0.15) is 31.4 Å². The van der Waals surface area contributed by atoms with Crippen LogP contribution < -0.4 is 0 Å². The second kappa shape index (κ2) is 8.58. The van der Waals surface area contributed by atoms with Gasteiger partial charge >= 0.3 is 0 Å². The average Bonchev–Trinajstić information content (AvgIpc) is 3.02. The maximum absolute atomic E-state index is 14.0. The monoisotopic (exact) mass is 476 g/mol. The van der Waals surface area contributed by atoms with Gasteiger partial charge in [0.2, 0.25) is 5.92 Å². The van der Waals surface area contributed by atoms with Crippen molar-refractivity contribution in [2.24, 2.45) is 17.8 Å². The number of fused-ring (bicyclic) bond motifs is 1. The number of nitriles is 1. The lowest BCUT2D eigenvalue weighted by molar-refractivity contribution is -0.0659. The summed E-state index contributed by atoms with van der Waals surface area (Å²) in [4.78, 5) is 4.35. The predicted molar refractivity (Wildman–Crippen MR) is 117 cm³/mol. The highest BCUT2D eigenvalue weighted by Gasteiger charge is 2.59. The van der Waals surface area contributed by atoms with Gasteiger partial charge < -0.3 is 0 Å². The van der Waals surface area contributed by atoms with Gasteiger partial charge in [0, 0.05) is 30.5 Å². The van der Waals surface area contributed by atoms with Gasteiger partial charge in [0.25, 0.3) is 10.1 Å². The first kappa shape index (κ1) is 23.5. The lowest BCUT2D eigenvalue weighted by atomic mass is 9.75. The number of alkyl halides is 2. The van der Waals surface area contributed by atoms with Crippen LogP contribution in [0.15, 0.2) is 48.7 Å². The molecule has 9 heteroatoms. The number of hydrogen-bond donors (Lipinski definition) is 0. The molecular weight excluding hydrogens is 453 g/mol. The number of benzene rings is 1. The zero-order chi connectivity index (χ0) is 23.9. The van der Waals surface area contributed by atoms with Gasteiger partial charge in [-0.1, -0.05) is 24.3 Å². The summed E-state index contributed by atoms with van der Waals surface area (Å²) in [5.74, 6) is -4.69. The van der Waals surface area contributed by atoms with Gasteiger partial charge in [-0.15, -0.1) is 0 Å². The van der Waals surface area contributed by atoms with E-state index in [-0.39, 0.29) is 37.4 Å². The van der Waals surface area contributed by atoms with E-state index in [0.29, 0.717) is 16.8 Å². The van der Waals surface area contributed by atoms with Crippen molar-refractivity contribution in [3.63, 3.8) is 0 Å². The summed E-state index contributed by atoms with van der Waals surface area (Å²) in [5.41, 5.74) is 0.186. The largest absolute Gasteiger partial charge is 0.265 e. The number of rotatable bonds is 5. The molecule has 1 aromatic heterocycles. The highest BCUT2D eigenvalue weighted by atomic mass is 32.2. The summed E-state index contributed by atoms with van der Waals surface area (Å²) >= 11 is 0. The summed E-state index contributed by atoms with van der Waals surface area (Å²) in [6, 6.07) is 11.6. The molecule has 2 saturated carbocycles. The topological polar surface area (TPSA) is 80.0 Å². The fraction of sp³-hybridized carbons (Fsp3) is 0.417. The maximum atomic E-state index is 14.0. The van der Waals surface area contributed by atoms with E-state index in [2.05, 4.69) is 4.98 Å². The predicted octanol–water partition coefficient (Wildman–Crippen LogP) is 5.21. The molecule has 174 valence electrons.